The quantitative estimate of drug-likeness (QED) is 0.435. The Kier molecular flexibility index (Phi) is 1.42. The van der Waals surface area contributed by atoms with E-state index in [0.29, 0.717) is 5.41 Å². The maximum absolute atomic E-state index is 2.34. The maximum Gasteiger partial charge on any atom is -0.0266 e. The molecule has 9 heavy (non-hydrogen) atoms. The number of hydrogen-bond acceptors (Lipinski definition) is 0. The van der Waals surface area contributed by atoms with Crippen molar-refractivity contribution in [3.63, 3.8) is 0 Å². The summed E-state index contributed by atoms with van der Waals surface area (Å²) in [4.78, 5) is 0. The molecular formula is C9H16. The van der Waals surface area contributed by atoms with Crippen LogP contribution in [0.3, 0.4) is 0 Å². The first-order valence-electron chi connectivity index (χ1n) is 3.66. The lowest BCUT2D eigenvalue weighted by Gasteiger charge is -2.16. The van der Waals surface area contributed by atoms with Crippen LogP contribution in [0.2, 0.25) is 0 Å². The first kappa shape index (κ1) is 6.85. The van der Waals surface area contributed by atoms with Gasteiger partial charge in [0.25, 0.3) is 0 Å². The molecule has 0 amide bonds. The Morgan fingerprint density at radius 1 is 1.00 bits per heavy atom. The summed E-state index contributed by atoms with van der Waals surface area (Å²) in [6, 6.07) is 0. The minimum atomic E-state index is 0.564. The summed E-state index contributed by atoms with van der Waals surface area (Å²) in [7, 11) is 0. The van der Waals surface area contributed by atoms with Gasteiger partial charge in [0, 0.05) is 0 Å². The standard InChI is InChI=1S/C9H16/c1-7-5-9(3,4)6-8(7)2/h5-6H2,1-4H3. The van der Waals surface area contributed by atoms with Crippen molar-refractivity contribution in [3.05, 3.63) is 11.1 Å². The van der Waals surface area contributed by atoms with Gasteiger partial charge in [-0.1, -0.05) is 25.0 Å². The van der Waals surface area contributed by atoms with E-state index in [9.17, 15) is 0 Å². The van der Waals surface area contributed by atoms with Crippen molar-refractivity contribution in [1.82, 2.24) is 0 Å². The monoisotopic (exact) mass is 124 g/mol. The fourth-order valence-corrected chi connectivity index (χ4v) is 1.80. The minimum Gasteiger partial charge on any atom is -0.0738 e. The lowest BCUT2D eigenvalue weighted by Crippen LogP contribution is -2.04. The molecule has 0 unspecified atom stereocenters. The molecule has 1 rings (SSSR count). The van der Waals surface area contributed by atoms with Crippen LogP contribution < -0.4 is 0 Å². The zero-order valence-corrected chi connectivity index (χ0v) is 6.91. The zero-order valence-electron chi connectivity index (χ0n) is 6.91. The molecule has 0 aromatic carbocycles. The van der Waals surface area contributed by atoms with Gasteiger partial charge in [-0.25, -0.2) is 0 Å². The molecule has 52 valence electrons. The average Bonchev–Trinajstić information content (AvgIpc) is 1.79. The normalized spacial score (nSPS) is 25.3. The van der Waals surface area contributed by atoms with Gasteiger partial charge in [-0.15, -0.1) is 0 Å². The summed E-state index contributed by atoms with van der Waals surface area (Å²) < 4.78 is 0. The summed E-state index contributed by atoms with van der Waals surface area (Å²) in [5.74, 6) is 0. The second kappa shape index (κ2) is 1.86. The number of rotatable bonds is 0. The predicted molar refractivity (Wildman–Crippen MR) is 41.4 cm³/mol. The maximum atomic E-state index is 2.34. The number of hydrogen-bond donors (Lipinski definition) is 0. The van der Waals surface area contributed by atoms with Gasteiger partial charge in [-0.3, -0.25) is 0 Å². The summed E-state index contributed by atoms with van der Waals surface area (Å²) in [6.07, 6.45) is 2.61. The van der Waals surface area contributed by atoms with Gasteiger partial charge in [0.1, 0.15) is 0 Å². The summed E-state index contributed by atoms with van der Waals surface area (Å²) in [5.41, 5.74) is 3.79. The molecule has 0 heteroatoms. The van der Waals surface area contributed by atoms with Gasteiger partial charge < -0.3 is 0 Å². The summed E-state index contributed by atoms with van der Waals surface area (Å²) in [6.45, 7) is 9.19. The van der Waals surface area contributed by atoms with E-state index in [1.54, 1.807) is 11.1 Å². The molecule has 0 aliphatic heterocycles. The molecule has 0 radical (unpaired) electrons. The van der Waals surface area contributed by atoms with Crippen LogP contribution >= 0.6 is 0 Å². The summed E-state index contributed by atoms with van der Waals surface area (Å²) in [5, 5.41) is 0. The van der Waals surface area contributed by atoms with Gasteiger partial charge in [-0.05, 0) is 32.1 Å². The molecule has 0 spiro atoms. The molecule has 0 aromatic rings. The Balaban J connectivity index is 2.70. The third-order valence-electron chi connectivity index (χ3n) is 2.22. The Bertz CT molecular complexity index is 133. The molecule has 0 fully saturated rings. The highest BCUT2D eigenvalue weighted by Gasteiger charge is 2.25. The molecule has 0 atom stereocenters. The van der Waals surface area contributed by atoms with Crippen LogP contribution in [-0.2, 0) is 0 Å². The first-order valence-corrected chi connectivity index (χ1v) is 3.66. The lowest BCUT2D eigenvalue weighted by molar-refractivity contribution is 0.389. The van der Waals surface area contributed by atoms with Gasteiger partial charge in [0.15, 0.2) is 0 Å². The third kappa shape index (κ3) is 1.35. The van der Waals surface area contributed by atoms with Crippen molar-refractivity contribution < 1.29 is 0 Å². The highest BCUT2D eigenvalue weighted by Crippen LogP contribution is 2.40. The van der Waals surface area contributed by atoms with E-state index >= 15 is 0 Å². The Hall–Kier alpha value is -0.260. The molecule has 0 bridgehead atoms. The van der Waals surface area contributed by atoms with Crippen LogP contribution in [0, 0.1) is 5.41 Å². The Morgan fingerprint density at radius 2 is 1.33 bits per heavy atom. The lowest BCUT2D eigenvalue weighted by atomic mass is 9.89. The first-order chi connectivity index (χ1) is 4.01. The highest BCUT2D eigenvalue weighted by molar-refractivity contribution is 5.19. The van der Waals surface area contributed by atoms with Gasteiger partial charge in [-0.2, -0.15) is 0 Å². The largest absolute Gasteiger partial charge is 0.0738 e. The van der Waals surface area contributed by atoms with E-state index in [2.05, 4.69) is 27.7 Å². The van der Waals surface area contributed by atoms with Crippen molar-refractivity contribution in [2.75, 3.05) is 0 Å². The molecule has 0 saturated carbocycles. The van der Waals surface area contributed by atoms with E-state index < -0.39 is 0 Å². The van der Waals surface area contributed by atoms with Crippen molar-refractivity contribution in [1.29, 1.82) is 0 Å². The van der Waals surface area contributed by atoms with Crippen LogP contribution in [0.4, 0.5) is 0 Å². The average molecular weight is 124 g/mol. The topological polar surface area (TPSA) is 0 Å². The predicted octanol–water partition coefficient (Wildman–Crippen LogP) is 3.14. The van der Waals surface area contributed by atoms with Crippen molar-refractivity contribution in [2.24, 2.45) is 5.41 Å². The molecule has 0 saturated heterocycles. The summed E-state index contributed by atoms with van der Waals surface area (Å²) >= 11 is 0. The minimum absolute atomic E-state index is 0.564. The van der Waals surface area contributed by atoms with Gasteiger partial charge in [0.2, 0.25) is 0 Å². The Morgan fingerprint density at radius 3 is 1.44 bits per heavy atom. The van der Waals surface area contributed by atoms with Crippen LogP contribution in [0.1, 0.15) is 40.5 Å². The van der Waals surface area contributed by atoms with Crippen LogP contribution in [0.25, 0.3) is 0 Å². The third-order valence-corrected chi connectivity index (χ3v) is 2.22. The van der Waals surface area contributed by atoms with Crippen LogP contribution in [-0.4, -0.2) is 0 Å². The molecule has 0 N–H and O–H groups in total. The fourth-order valence-electron chi connectivity index (χ4n) is 1.80. The van der Waals surface area contributed by atoms with Crippen molar-refractivity contribution in [3.8, 4) is 0 Å². The second-order valence-corrected chi connectivity index (χ2v) is 4.08. The highest BCUT2D eigenvalue weighted by atomic mass is 14.3. The smallest absolute Gasteiger partial charge is 0.0266 e. The van der Waals surface area contributed by atoms with E-state index in [0.717, 1.165) is 0 Å². The molecule has 1 aliphatic carbocycles. The fraction of sp³-hybridized carbons (Fsp3) is 0.778. The Labute approximate surface area is 58.0 Å². The van der Waals surface area contributed by atoms with E-state index in [4.69, 9.17) is 0 Å². The van der Waals surface area contributed by atoms with Gasteiger partial charge in [0.05, 0.1) is 0 Å². The van der Waals surface area contributed by atoms with Crippen molar-refractivity contribution in [2.45, 2.75) is 40.5 Å². The van der Waals surface area contributed by atoms with E-state index in [-0.39, 0.29) is 0 Å². The molecule has 0 heterocycles. The van der Waals surface area contributed by atoms with Crippen molar-refractivity contribution >= 4 is 0 Å². The van der Waals surface area contributed by atoms with Crippen LogP contribution in [0.5, 0.6) is 0 Å². The van der Waals surface area contributed by atoms with Crippen LogP contribution in [0.15, 0.2) is 11.1 Å². The number of allylic oxidation sites excluding steroid dienone is 2. The SMILES string of the molecule is CC1=C(C)CC(C)(C)C1. The molecule has 1 aliphatic rings. The van der Waals surface area contributed by atoms with E-state index in [1.165, 1.54) is 12.8 Å². The molecular weight excluding hydrogens is 108 g/mol. The molecule has 0 nitrogen and oxygen atoms in total. The van der Waals surface area contributed by atoms with E-state index in [1.807, 2.05) is 0 Å². The zero-order chi connectivity index (χ0) is 7.07. The second-order valence-electron chi connectivity index (χ2n) is 4.08. The molecule has 0 aromatic heterocycles. The van der Waals surface area contributed by atoms with Gasteiger partial charge >= 0.3 is 0 Å².